The summed E-state index contributed by atoms with van der Waals surface area (Å²) < 4.78 is 5.38. The van der Waals surface area contributed by atoms with Crippen LogP contribution >= 0.6 is 0 Å². The summed E-state index contributed by atoms with van der Waals surface area (Å²) >= 11 is 0. The lowest BCUT2D eigenvalue weighted by Crippen LogP contribution is -2.27. The zero-order chi connectivity index (χ0) is 17.4. The Bertz CT molecular complexity index is 743. The molecular formula is C20H20N2O2. The first kappa shape index (κ1) is 17.3. The van der Waals surface area contributed by atoms with E-state index in [0.717, 1.165) is 16.9 Å². The van der Waals surface area contributed by atoms with Crippen LogP contribution in [0.15, 0.2) is 60.2 Å². The van der Waals surface area contributed by atoms with Crippen molar-refractivity contribution < 1.29 is 9.53 Å². The van der Waals surface area contributed by atoms with Crippen LogP contribution in [0.5, 0.6) is 5.75 Å². The van der Waals surface area contributed by atoms with E-state index in [4.69, 9.17) is 4.74 Å². The van der Waals surface area contributed by atoms with Gasteiger partial charge in [-0.15, -0.1) is 0 Å². The molecule has 2 rings (SSSR count). The van der Waals surface area contributed by atoms with Crippen LogP contribution in [0.4, 0.5) is 0 Å². The molecule has 0 saturated heterocycles. The predicted molar refractivity (Wildman–Crippen MR) is 94.2 cm³/mol. The fourth-order valence-electron chi connectivity index (χ4n) is 2.24. The van der Waals surface area contributed by atoms with Crippen LogP contribution in [0, 0.1) is 11.3 Å². The second kappa shape index (κ2) is 8.54. The van der Waals surface area contributed by atoms with E-state index in [1.165, 1.54) is 0 Å². The van der Waals surface area contributed by atoms with Gasteiger partial charge in [-0.3, -0.25) is 4.79 Å². The number of carbonyl (C=O) groups is 1. The number of amides is 1. The van der Waals surface area contributed by atoms with Crippen molar-refractivity contribution in [2.24, 2.45) is 0 Å². The van der Waals surface area contributed by atoms with Crippen LogP contribution in [0.1, 0.15) is 31.0 Å². The Balaban J connectivity index is 2.09. The molecule has 0 aliphatic carbocycles. The summed E-state index contributed by atoms with van der Waals surface area (Å²) in [4.78, 5) is 12.3. The van der Waals surface area contributed by atoms with E-state index in [1.54, 1.807) is 6.08 Å². The van der Waals surface area contributed by atoms with Gasteiger partial charge in [-0.1, -0.05) is 42.5 Å². The largest absolute Gasteiger partial charge is 0.494 e. The highest BCUT2D eigenvalue weighted by atomic mass is 16.5. The minimum atomic E-state index is -0.386. The van der Waals surface area contributed by atoms with Crippen molar-refractivity contribution in [2.75, 3.05) is 6.61 Å². The molecule has 0 spiro atoms. The first-order valence-electron chi connectivity index (χ1n) is 7.84. The highest BCUT2D eigenvalue weighted by molar-refractivity contribution is 6.01. The summed E-state index contributed by atoms with van der Waals surface area (Å²) in [5, 5.41) is 12.1. The van der Waals surface area contributed by atoms with Gasteiger partial charge in [0.15, 0.2) is 0 Å². The van der Waals surface area contributed by atoms with Gasteiger partial charge in [0.05, 0.1) is 12.6 Å². The fourth-order valence-corrected chi connectivity index (χ4v) is 2.24. The van der Waals surface area contributed by atoms with Crippen molar-refractivity contribution in [3.8, 4) is 11.8 Å². The average molecular weight is 320 g/mol. The van der Waals surface area contributed by atoms with Gasteiger partial charge in [0.1, 0.15) is 17.4 Å². The Morgan fingerprint density at radius 2 is 1.88 bits per heavy atom. The minimum Gasteiger partial charge on any atom is -0.494 e. The van der Waals surface area contributed by atoms with E-state index in [1.807, 2.05) is 74.5 Å². The van der Waals surface area contributed by atoms with Crippen molar-refractivity contribution in [1.82, 2.24) is 5.32 Å². The van der Waals surface area contributed by atoms with Gasteiger partial charge in [-0.25, -0.2) is 0 Å². The standard InChI is InChI=1S/C20H20N2O2/c1-3-24-19-11-9-16(10-12-19)13-18(14-21)20(23)22-15(2)17-7-5-4-6-8-17/h4-13,15H,3H2,1-2H3,(H,22,23)/b18-13+/t15-/m1/s1. The number of nitriles is 1. The molecule has 0 saturated carbocycles. The number of hydrogen-bond acceptors (Lipinski definition) is 3. The summed E-state index contributed by atoms with van der Waals surface area (Å²) in [6.07, 6.45) is 1.57. The van der Waals surface area contributed by atoms with E-state index >= 15 is 0 Å². The van der Waals surface area contributed by atoms with Gasteiger partial charge in [-0.2, -0.15) is 5.26 Å². The average Bonchev–Trinajstić information content (AvgIpc) is 2.62. The van der Waals surface area contributed by atoms with E-state index in [0.29, 0.717) is 6.61 Å². The van der Waals surface area contributed by atoms with E-state index in [-0.39, 0.29) is 17.5 Å². The van der Waals surface area contributed by atoms with Gasteiger partial charge in [0.25, 0.3) is 5.91 Å². The lowest BCUT2D eigenvalue weighted by Gasteiger charge is -2.13. The Kier molecular flexibility index (Phi) is 6.16. The third-order valence-electron chi connectivity index (χ3n) is 3.51. The lowest BCUT2D eigenvalue weighted by molar-refractivity contribution is -0.117. The maximum atomic E-state index is 12.3. The lowest BCUT2D eigenvalue weighted by atomic mass is 10.1. The van der Waals surface area contributed by atoms with Gasteiger partial charge >= 0.3 is 0 Å². The highest BCUT2D eigenvalue weighted by Gasteiger charge is 2.13. The molecule has 0 unspecified atom stereocenters. The van der Waals surface area contributed by atoms with Crippen molar-refractivity contribution >= 4 is 12.0 Å². The fraction of sp³-hybridized carbons (Fsp3) is 0.200. The number of benzene rings is 2. The molecule has 0 aliphatic heterocycles. The molecule has 4 heteroatoms. The molecule has 1 atom stereocenters. The van der Waals surface area contributed by atoms with Crippen LogP contribution < -0.4 is 10.1 Å². The molecule has 4 nitrogen and oxygen atoms in total. The summed E-state index contributed by atoms with van der Waals surface area (Å²) in [6.45, 7) is 4.40. The molecule has 0 heterocycles. The molecule has 24 heavy (non-hydrogen) atoms. The van der Waals surface area contributed by atoms with E-state index in [9.17, 15) is 10.1 Å². The zero-order valence-corrected chi connectivity index (χ0v) is 13.8. The molecule has 2 aromatic rings. The molecule has 2 aromatic carbocycles. The van der Waals surface area contributed by atoms with Crippen molar-refractivity contribution in [1.29, 1.82) is 5.26 Å². The maximum Gasteiger partial charge on any atom is 0.262 e. The number of nitrogens with zero attached hydrogens (tertiary/aromatic N) is 1. The molecule has 0 aliphatic rings. The normalized spacial score (nSPS) is 12.1. The minimum absolute atomic E-state index is 0.0712. The quantitative estimate of drug-likeness (QED) is 0.649. The van der Waals surface area contributed by atoms with Crippen LogP contribution in [0.25, 0.3) is 6.08 Å². The molecular weight excluding hydrogens is 300 g/mol. The van der Waals surface area contributed by atoms with Crippen LogP contribution in [-0.2, 0) is 4.79 Å². The van der Waals surface area contributed by atoms with Crippen molar-refractivity contribution in [3.63, 3.8) is 0 Å². The summed E-state index contributed by atoms with van der Waals surface area (Å²) in [5.74, 6) is 0.373. The SMILES string of the molecule is CCOc1ccc(/C=C(\C#N)C(=O)N[C@H](C)c2ccccc2)cc1. The van der Waals surface area contributed by atoms with Gasteiger partial charge in [0, 0.05) is 0 Å². The maximum absolute atomic E-state index is 12.3. The van der Waals surface area contributed by atoms with Gasteiger partial charge in [0.2, 0.25) is 0 Å². The van der Waals surface area contributed by atoms with E-state index in [2.05, 4.69) is 5.32 Å². The summed E-state index contributed by atoms with van der Waals surface area (Å²) in [5.41, 5.74) is 1.84. The summed E-state index contributed by atoms with van der Waals surface area (Å²) in [6, 6.07) is 18.7. The number of rotatable bonds is 6. The molecule has 0 bridgehead atoms. The van der Waals surface area contributed by atoms with Crippen LogP contribution in [-0.4, -0.2) is 12.5 Å². The number of hydrogen-bond donors (Lipinski definition) is 1. The topological polar surface area (TPSA) is 62.1 Å². The van der Waals surface area contributed by atoms with Crippen molar-refractivity contribution in [2.45, 2.75) is 19.9 Å². The Morgan fingerprint density at radius 3 is 2.46 bits per heavy atom. The number of nitrogens with one attached hydrogen (secondary N) is 1. The first-order chi connectivity index (χ1) is 11.6. The Morgan fingerprint density at radius 1 is 1.21 bits per heavy atom. The molecule has 1 N–H and O–H groups in total. The molecule has 0 radical (unpaired) electrons. The van der Waals surface area contributed by atoms with Crippen LogP contribution in [0.2, 0.25) is 0 Å². The zero-order valence-electron chi connectivity index (χ0n) is 13.8. The molecule has 0 fully saturated rings. The summed E-state index contributed by atoms with van der Waals surface area (Å²) in [7, 11) is 0. The monoisotopic (exact) mass is 320 g/mol. The molecule has 0 aromatic heterocycles. The Labute approximate surface area is 142 Å². The second-order valence-corrected chi connectivity index (χ2v) is 5.28. The highest BCUT2D eigenvalue weighted by Crippen LogP contribution is 2.16. The smallest absolute Gasteiger partial charge is 0.262 e. The van der Waals surface area contributed by atoms with Gasteiger partial charge in [-0.05, 0) is 43.2 Å². The first-order valence-corrected chi connectivity index (χ1v) is 7.84. The number of ether oxygens (including phenoxy) is 1. The third kappa shape index (κ3) is 4.72. The number of carbonyl (C=O) groups excluding carboxylic acids is 1. The van der Waals surface area contributed by atoms with E-state index < -0.39 is 0 Å². The Hall–Kier alpha value is -3.06. The van der Waals surface area contributed by atoms with Crippen LogP contribution in [0.3, 0.4) is 0 Å². The predicted octanol–water partition coefficient (Wildman–Crippen LogP) is 3.87. The third-order valence-corrected chi connectivity index (χ3v) is 3.51. The van der Waals surface area contributed by atoms with Gasteiger partial charge < -0.3 is 10.1 Å². The second-order valence-electron chi connectivity index (χ2n) is 5.28. The molecule has 1 amide bonds. The molecule has 122 valence electrons. The van der Waals surface area contributed by atoms with Crippen molar-refractivity contribution in [3.05, 3.63) is 71.3 Å².